The van der Waals surface area contributed by atoms with Gasteiger partial charge in [0.25, 0.3) is 0 Å². The Labute approximate surface area is 82.8 Å². The van der Waals surface area contributed by atoms with Crippen molar-refractivity contribution in [2.45, 2.75) is 6.92 Å². The van der Waals surface area contributed by atoms with Crippen molar-refractivity contribution in [2.24, 2.45) is 0 Å². The second-order valence-electron chi connectivity index (χ2n) is 2.80. The Morgan fingerprint density at radius 1 is 1.36 bits per heavy atom. The molecule has 4 heteroatoms. The average molecular weight is 195 g/mol. The summed E-state index contributed by atoms with van der Waals surface area (Å²) in [5, 5.41) is 2.59. The van der Waals surface area contributed by atoms with E-state index in [1.54, 1.807) is 13.2 Å². The Bertz CT molecular complexity index is 336. The molecule has 0 heterocycles. The van der Waals surface area contributed by atoms with Gasteiger partial charge in [0.05, 0.1) is 19.9 Å². The molecular weight excluding hydrogens is 182 g/mol. The summed E-state index contributed by atoms with van der Waals surface area (Å²) < 4.78 is 9.52. The van der Waals surface area contributed by atoms with Crippen LogP contribution >= 0.6 is 0 Å². The topological polar surface area (TPSA) is 47.6 Å². The predicted octanol–water partition coefficient (Wildman–Crippen LogP) is 2.18. The number of benzene rings is 1. The molecule has 1 rings (SSSR count). The highest BCUT2D eigenvalue weighted by Crippen LogP contribution is 2.21. The van der Waals surface area contributed by atoms with Crippen LogP contribution in [0.1, 0.15) is 5.56 Å². The number of carbonyl (C=O) groups excluding carboxylic acids is 1. The van der Waals surface area contributed by atoms with Gasteiger partial charge in [-0.2, -0.15) is 0 Å². The van der Waals surface area contributed by atoms with Crippen LogP contribution in [-0.2, 0) is 4.74 Å². The predicted molar refractivity (Wildman–Crippen MR) is 53.8 cm³/mol. The Balaban J connectivity index is 2.89. The van der Waals surface area contributed by atoms with Crippen molar-refractivity contribution in [3.63, 3.8) is 0 Å². The lowest BCUT2D eigenvalue weighted by atomic mass is 10.2. The summed E-state index contributed by atoms with van der Waals surface area (Å²) in [4.78, 5) is 11.0. The SMILES string of the molecule is COC(=O)Nc1cc(OC)ccc1C. The lowest BCUT2D eigenvalue weighted by Gasteiger charge is -2.08. The highest BCUT2D eigenvalue weighted by atomic mass is 16.5. The number of ether oxygens (including phenoxy) is 2. The number of anilines is 1. The van der Waals surface area contributed by atoms with E-state index < -0.39 is 6.09 Å². The molecule has 0 unspecified atom stereocenters. The van der Waals surface area contributed by atoms with Crippen molar-refractivity contribution in [2.75, 3.05) is 19.5 Å². The number of methoxy groups -OCH3 is 2. The molecule has 4 nitrogen and oxygen atoms in total. The normalized spacial score (nSPS) is 9.36. The van der Waals surface area contributed by atoms with Crippen LogP contribution < -0.4 is 10.1 Å². The summed E-state index contributed by atoms with van der Waals surface area (Å²) in [5.74, 6) is 0.696. The Kier molecular flexibility index (Phi) is 3.34. The lowest BCUT2D eigenvalue weighted by molar-refractivity contribution is 0.187. The van der Waals surface area contributed by atoms with E-state index in [9.17, 15) is 4.79 Å². The number of hydrogen-bond acceptors (Lipinski definition) is 3. The number of rotatable bonds is 2. The molecule has 0 aliphatic carbocycles. The van der Waals surface area contributed by atoms with Crippen molar-refractivity contribution in [1.82, 2.24) is 0 Å². The molecule has 1 aromatic carbocycles. The lowest BCUT2D eigenvalue weighted by Crippen LogP contribution is -2.11. The van der Waals surface area contributed by atoms with Gasteiger partial charge in [0.15, 0.2) is 0 Å². The third-order valence-corrected chi connectivity index (χ3v) is 1.87. The number of carbonyl (C=O) groups is 1. The molecule has 0 aromatic heterocycles. The summed E-state index contributed by atoms with van der Waals surface area (Å²) in [5.41, 5.74) is 1.65. The summed E-state index contributed by atoms with van der Waals surface area (Å²) in [6, 6.07) is 5.44. The first-order valence-corrected chi connectivity index (χ1v) is 4.17. The van der Waals surface area contributed by atoms with E-state index >= 15 is 0 Å². The van der Waals surface area contributed by atoms with Gasteiger partial charge in [-0.05, 0) is 18.6 Å². The quantitative estimate of drug-likeness (QED) is 0.786. The maximum absolute atomic E-state index is 11.0. The van der Waals surface area contributed by atoms with Crippen LogP contribution in [0.5, 0.6) is 5.75 Å². The van der Waals surface area contributed by atoms with Gasteiger partial charge in [0, 0.05) is 6.07 Å². The summed E-state index contributed by atoms with van der Waals surface area (Å²) in [7, 11) is 2.90. The molecule has 0 aliphatic heterocycles. The third-order valence-electron chi connectivity index (χ3n) is 1.87. The molecule has 0 saturated carbocycles. The molecule has 0 aliphatic rings. The van der Waals surface area contributed by atoms with Crippen LogP contribution in [0.15, 0.2) is 18.2 Å². The zero-order chi connectivity index (χ0) is 10.6. The zero-order valence-corrected chi connectivity index (χ0v) is 8.46. The molecule has 0 spiro atoms. The number of nitrogens with one attached hydrogen (secondary N) is 1. The Hall–Kier alpha value is -1.71. The minimum atomic E-state index is -0.485. The smallest absolute Gasteiger partial charge is 0.411 e. The standard InChI is InChI=1S/C10H13NO3/c1-7-4-5-8(13-2)6-9(7)11-10(12)14-3/h4-6H,1-3H3,(H,11,12). The summed E-state index contributed by atoms with van der Waals surface area (Å²) >= 11 is 0. The van der Waals surface area contributed by atoms with Crippen LogP contribution in [0.4, 0.5) is 10.5 Å². The number of aryl methyl sites for hydroxylation is 1. The second-order valence-corrected chi connectivity index (χ2v) is 2.80. The molecule has 14 heavy (non-hydrogen) atoms. The molecule has 76 valence electrons. The Morgan fingerprint density at radius 2 is 2.07 bits per heavy atom. The van der Waals surface area contributed by atoms with Gasteiger partial charge in [-0.3, -0.25) is 5.32 Å². The monoisotopic (exact) mass is 195 g/mol. The molecule has 1 N–H and O–H groups in total. The van der Waals surface area contributed by atoms with Gasteiger partial charge in [-0.15, -0.1) is 0 Å². The first-order chi connectivity index (χ1) is 6.67. The van der Waals surface area contributed by atoms with Crippen LogP contribution in [0.3, 0.4) is 0 Å². The van der Waals surface area contributed by atoms with Crippen molar-refractivity contribution >= 4 is 11.8 Å². The fourth-order valence-electron chi connectivity index (χ4n) is 1.02. The van der Waals surface area contributed by atoms with E-state index in [4.69, 9.17) is 4.74 Å². The number of hydrogen-bond donors (Lipinski definition) is 1. The minimum absolute atomic E-state index is 0.485. The van der Waals surface area contributed by atoms with E-state index in [0.717, 1.165) is 5.56 Å². The molecule has 0 saturated heterocycles. The van der Waals surface area contributed by atoms with Crippen molar-refractivity contribution in [3.05, 3.63) is 23.8 Å². The average Bonchev–Trinajstić information content (AvgIpc) is 2.21. The maximum Gasteiger partial charge on any atom is 0.411 e. The van der Waals surface area contributed by atoms with Gasteiger partial charge >= 0.3 is 6.09 Å². The molecular formula is C10H13NO3. The van der Waals surface area contributed by atoms with Crippen molar-refractivity contribution < 1.29 is 14.3 Å². The van der Waals surface area contributed by atoms with E-state index in [0.29, 0.717) is 11.4 Å². The van der Waals surface area contributed by atoms with Crippen LogP contribution in [0, 0.1) is 6.92 Å². The highest BCUT2D eigenvalue weighted by molar-refractivity contribution is 5.85. The van der Waals surface area contributed by atoms with Crippen LogP contribution in [0.25, 0.3) is 0 Å². The summed E-state index contributed by atoms with van der Waals surface area (Å²) in [6.45, 7) is 1.89. The Morgan fingerprint density at radius 3 is 2.64 bits per heavy atom. The van der Waals surface area contributed by atoms with Crippen LogP contribution in [-0.4, -0.2) is 20.3 Å². The first-order valence-electron chi connectivity index (χ1n) is 4.17. The van der Waals surface area contributed by atoms with E-state index in [1.807, 2.05) is 19.1 Å². The third kappa shape index (κ3) is 2.39. The molecule has 0 radical (unpaired) electrons. The molecule has 1 amide bonds. The number of amides is 1. The summed E-state index contributed by atoms with van der Waals surface area (Å²) in [6.07, 6.45) is -0.485. The fourth-order valence-corrected chi connectivity index (χ4v) is 1.02. The molecule has 0 bridgehead atoms. The zero-order valence-electron chi connectivity index (χ0n) is 8.46. The van der Waals surface area contributed by atoms with E-state index in [2.05, 4.69) is 10.1 Å². The largest absolute Gasteiger partial charge is 0.497 e. The van der Waals surface area contributed by atoms with Crippen molar-refractivity contribution in [1.29, 1.82) is 0 Å². The van der Waals surface area contributed by atoms with Crippen molar-refractivity contribution in [3.8, 4) is 5.75 Å². The first kappa shape index (κ1) is 10.4. The van der Waals surface area contributed by atoms with Gasteiger partial charge in [0.1, 0.15) is 5.75 Å². The fraction of sp³-hybridized carbons (Fsp3) is 0.300. The van der Waals surface area contributed by atoms with Crippen LogP contribution in [0.2, 0.25) is 0 Å². The highest BCUT2D eigenvalue weighted by Gasteiger charge is 2.04. The second kappa shape index (κ2) is 4.50. The van der Waals surface area contributed by atoms with Gasteiger partial charge in [0.2, 0.25) is 0 Å². The van der Waals surface area contributed by atoms with Gasteiger partial charge in [-0.25, -0.2) is 4.79 Å². The molecule has 0 atom stereocenters. The maximum atomic E-state index is 11.0. The molecule has 1 aromatic rings. The molecule has 0 fully saturated rings. The minimum Gasteiger partial charge on any atom is -0.497 e. The van der Waals surface area contributed by atoms with E-state index in [1.165, 1.54) is 7.11 Å². The van der Waals surface area contributed by atoms with Gasteiger partial charge in [-0.1, -0.05) is 6.07 Å². The van der Waals surface area contributed by atoms with Gasteiger partial charge < -0.3 is 9.47 Å². The van der Waals surface area contributed by atoms with E-state index in [-0.39, 0.29) is 0 Å².